The quantitative estimate of drug-likeness (QED) is 0.156. The van der Waals surface area contributed by atoms with Gasteiger partial charge in [-0.1, -0.05) is 133 Å². The fourth-order valence-corrected chi connectivity index (χ4v) is 11.1. The van der Waals surface area contributed by atoms with Gasteiger partial charge in [-0.05, 0) is 141 Å². The fourth-order valence-electron chi connectivity index (χ4n) is 11.1. The van der Waals surface area contributed by atoms with E-state index in [1.807, 2.05) is 0 Å². The zero-order valence-electron chi connectivity index (χ0n) is 36.3. The monoisotopic (exact) mass is 844 g/mol. The second-order valence-corrected chi connectivity index (χ2v) is 17.7. The molecule has 0 amide bonds. The lowest BCUT2D eigenvalue weighted by atomic mass is 9.87. The van der Waals surface area contributed by atoms with Crippen molar-refractivity contribution >= 4 is 132 Å². The first-order chi connectivity index (χ1) is 32.6. The van der Waals surface area contributed by atoms with Gasteiger partial charge in [-0.3, -0.25) is 0 Å². The van der Waals surface area contributed by atoms with Gasteiger partial charge in [0, 0.05) is 43.7 Å². The first-order valence-corrected chi connectivity index (χ1v) is 22.7. The van der Waals surface area contributed by atoms with Crippen LogP contribution in [0.1, 0.15) is 11.1 Å². The van der Waals surface area contributed by atoms with Crippen LogP contribution in [0.4, 0.5) is 34.1 Å². The third kappa shape index (κ3) is 5.21. The molecule has 0 N–H and O–H groups in total. The van der Waals surface area contributed by atoms with Crippen LogP contribution in [0.25, 0.3) is 97.7 Å². The van der Waals surface area contributed by atoms with Crippen molar-refractivity contribution < 1.29 is 8.83 Å². The summed E-state index contributed by atoms with van der Waals surface area (Å²) in [6.07, 6.45) is 0. The molecule has 0 atom stereocenters. The highest BCUT2D eigenvalue weighted by Crippen LogP contribution is 2.52. The normalized spacial score (nSPS) is 12.1. The highest BCUT2D eigenvalue weighted by atomic mass is 16.3. The van der Waals surface area contributed by atoms with Gasteiger partial charge in [-0.25, -0.2) is 0 Å². The van der Waals surface area contributed by atoms with Crippen LogP contribution in [0.15, 0.2) is 215 Å². The van der Waals surface area contributed by atoms with E-state index in [9.17, 15) is 0 Å². The van der Waals surface area contributed by atoms with E-state index in [2.05, 4.69) is 230 Å². The standard InChI is InChI=1S/C62H40N2O2/c1-37-35-49-51(63(41-17-5-3-6-18-41)53-25-13-23-47-57-45-21-11-9-15-39(45)27-33-55(57)65-61(47)53)32-30-44-38(2)36-50-52(31-29-43(37)59(50)60(44)49)64(42-19-7-4-8-20-42)54-26-14-24-48-58-46-22-12-10-16-40(46)28-34-56(58)66-62(48)54/h3-36H,1-2H3. The molecule has 4 nitrogen and oxygen atoms in total. The number of hydrogen-bond donors (Lipinski definition) is 0. The lowest BCUT2D eigenvalue weighted by Crippen LogP contribution is -2.12. The summed E-state index contributed by atoms with van der Waals surface area (Å²) in [4.78, 5) is 4.80. The molecular formula is C62H40N2O2. The summed E-state index contributed by atoms with van der Waals surface area (Å²) in [5.41, 5.74) is 12.2. The molecule has 2 heterocycles. The van der Waals surface area contributed by atoms with Gasteiger partial charge in [-0.2, -0.15) is 0 Å². The van der Waals surface area contributed by atoms with Crippen LogP contribution in [-0.2, 0) is 0 Å². The summed E-state index contributed by atoms with van der Waals surface area (Å²) in [5, 5.41) is 16.6. The summed E-state index contributed by atoms with van der Waals surface area (Å²) in [7, 11) is 0. The first-order valence-electron chi connectivity index (χ1n) is 22.7. The third-order valence-electron chi connectivity index (χ3n) is 14.0. The van der Waals surface area contributed by atoms with Gasteiger partial charge in [0.1, 0.15) is 11.2 Å². The smallest absolute Gasteiger partial charge is 0.159 e. The minimum atomic E-state index is 0.861. The Hall–Kier alpha value is -8.60. The number of furan rings is 2. The van der Waals surface area contributed by atoms with Crippen molar-refractivity contribution in [3.05, 3.63) is 217 Å². The van der Waals surface area contributed by atoms with E-state index in [1.165, 1.54) is 65.0 Å². The third-order valence-corrected chi connectivity index (χ3v) is 14.0. The number of fused-ring (bicyclic) bond motifs is 10. The SMILES string of the molecule is Cc1cc2c(N(c3ccccc3)c3cccc4c3oc3ccc5ccccc5c34)ccc3c(C)cc4c(N(c5ccccc5)c5cccc6c5oc5ccc7ccccc7c56)ccc1c4c32. The average molecular weight is 845 g/mol. The predicted octanol–water partition coefficient (Wildman–Crippen LogP) is 18.2. The Morgan fingerprint density at radius 2 is 0.697 bits per heavy atom. The summed E-state index contributed by atoms with van der Waals surface area (Å²) in [6, 6.07) is 74.4. The predicted molar refractivity (Wildman–Crippen MR) is 279 cm³/mol. The van der Waals surface area contributed by atoms with E-state index in [1.54, 1.807) is 0 Å². The van der Waals surface area contributed by atoms with E-state index in [4.69, 9.17) is 8.83 Å². The number of benzene rings is 12. The van der Waals surface area contributed by atoms with E-state index in [0.29, 0.717) is 0 Å². The van der Waals surface area contributed by atoms with Crippen molar-refractivity contribution in [1.82, 2.24) is 0 Å². The Bertz CT molecular complexity index is 3980. The van der Waals surface area contributed by atoms with Crippen molar-refractivity contribution in [2.45, 2.75) is 13.8 Å². The molecule has 310 valence electrons. The molecule has 12 aromatic carbocycles. The molecule has 0 unspecified atom stereocenters. The van der Waals surface area contributed by atoms with Crippen LogP contribution in [0, 0.1) is 13.8 Å². The van der Waals surface area contributed by atoms with Crippen LogP contribution in [0.2, 0.25) is 0 Å². The molecule has 0 radical (unpaired) electrons. The minimum Gasteiger partial charge on any atom is -0.454 e. The molecule has 0 aliphatic rings. The summed E-state index contributed by atoms with van der Waals surface area (Å²) in [5.74, 6) is 0. The van der Waals surface area contributed by atoms with Crippen molar-refractivity contribution in [3.8, 4) is 0 Å². The van der Waals surface area contributed by atoms with E-state index in [-0.39, 0.29) is 0 Å². The highest BCUT2D eigenvalue weighted by molar-refractivity contribution is 6.30. The highest BCUT2D eigenvalue weighted by Gasteiger charge is 2.27. The number of rotatable bonds is 6. The number of nitrogens with zero attached hydrogens (tertiary/aromatic N) is 2. The topological polar surface area (TPSA) is 32.8 Å². The molecule has 14 rings (SSSR count). The van der Waals surface area contributed by atoms with Crippen LogP contribution in [0.5, 0.6) is 0 Å². The average Bonchev–Trinajstić information content (AvgIpc) is 3.96. The van der Waals surface area contributed by atoms with Gasteiger partial charge in [0.05, 0.1) is 22.7 Å². The Labute approximate surface area is 380 Å². The van der Waals surface area contributed by atoms with E-state index >= 15 is 0 Å². The molecule has 0 aliphatic carbocycles. The summed E-state index contributed by atoms with van der Waals surface area (Å²) in [6.45, 7) is 4.51. The van der Waals surface area contributed by atoms with Crippen LogP contribution >= 0.6 is 0 Å². The zero-order valence-corrected chi connectivity index (χ0v) is 36.3. The molecule has 0 saturated carbocycles. The summed E-state index contributed by atoms with van der Waals surface area (Å²) >= 11 is 0. The molecule has 0 spiro atoms. The zero-order chi connectivity index (χ0) is 43.6. The van der Waals surface area contributed by atoms with Crippen molar-refractivity contribution in [1.29, 1.82) is 0 Å². The van der Waals surface area contributed by atoms with Gasteiger partial charge in [0.2, 0.25) is 0 Å². The van der Waals surface area contributed by atoms with Crippen molar-refractivity contribution in [3.63, 3.8) is 0 Å². The van der Waals surface area contributed by atoms with E-state index in [0.717, 1.165) is 78.0 Å². The Morgan fingerprint density at radius 1 is 0.288 bits per heavy atom. The molecule has 0 saturated heterocycles. The Morgan fingerprint density at radius 3 is 1.15 bits per heavy atom. The largest absolute Gasteiger partial charge is 0.454 e. The molecular weight excluding hydrogens is 805 g/mol. The van der Waals surface area contributed by atoms with Crippen molar-refractivity contribution in [2.24, 2.45) is 0 Å². The molecule has 0 bridgehead atoms. The number of aryl methyl sites for hydroxylation is 2. The Kier molecular flexibility index (Phi) is 7.79. The van der Waals surface area contributed by atoms with Gasteiger partial charge < -0.3 is 18.6 Å². The van der Waals surface area contributed by atoms with Crippen LogP contribution < -0.4 is 9.80 Å². The second kappa shape index (κ2) is 13.9. The lowest BCUT2D eigenvalue weighted by Gasteiger charge is -2.30. The van der Waals surface area contributed by atoms with Crippen molar-refractivity contribution in [2.75, 3.05) is 9.80 Å². The maximum absolute atomic E-state index is 6.93. The molecule has 66 heavy (non-hydrogen) atoms. The first kappa shape index (κ1) is 36.8. The molecule has 2 aromatic heterocycles. The second-order valence-electron chi connectivity index (χ2n) is 17.7. The van der Waals surface area contributed by atoms with Gasteiger partial charge in [-0.15, -0.1) is 0 Å². The fraction of sp³-hybridized carbons (Fsp3) is 0.0323. The van der Waals surface area contributed by atoms with Crippen LogP contribution in [0.3, 0.4) is 0 Å². The minimum absolute atomic E-state index is 0.861. The lowest BCUT2D eigenvalue weighted by molar-refractivity contribution is 0.669. The maximum Gasteiger partial charge on any atom is 0.159 e. The Balaban J connectivity index is 1.05. The number of hydrogen-bond acceptors (Lipinski definition) is 4. The summed E-state index contributed by atoms with van der Waals surface area (Å²) < 4.78 is 13.9. The van der Waals surface area contributed by atoms with Gasteiger partial charge in [0.15, 0.2) is 11.2 Å². The molecule has 0 fully saturated rings. The van der Waals surface area contributed by atoms with Gasteiger partial charge in [0.25, 0.3) is 0 Å². The maximum atomic E-state index is 6.93. The number of para-hydroxylation sites is 4. The molecule has 0 aliphatic heterocycles. The molecule has 14 aromatic rings. The van der Waals surface area contributed by atoms with E-state index < -0.39 is 0 Å². The molecule has 4 heteroatoms. The van der Waals surface area contributed by atoms with Crippen LogP contribution in [-0.4, -0.2) is 0 Å². The van der Waals surface area contributed by atoms with Gasteiger partial charge >= 0.3 is 0 Å². The number of anilines is 6.